The van der Waals surface area contributed by atoms with Gasteiger partial charge in [0.2, 0.25) is 10.0 Å². The van der Waals surface area contributed by atoms with Crippen LogP contribution in [0.25, 0.3) is 0 Å². The first kappa shape index (κ1) is 16.9. The zero-order valence-corrected chi connectivity index (χ0v) is 13.3. The van der Waals surface area contributed by atoms with Crippen LogP contribution in [0.3, 0.4) is 0 Å². The van der Waals surface area contributed by atoms with Crippen molar-refractivity contribution in [3.05, 3.63) is 24.3 Å². The van der Waals surface area contributed by atoms with Gasteiger partial charge in [0.1, 0.15) is 5.75 Å². The van der Waals surface area contributed by atoms with Crippen molar-refractivity contribution in [3.8, 4) is 5.75 Å². The highest BCUT2D eigenvalue weighted by molar-refractivity contribution is 7.89. The van der Waals surface area contributed by atoms with Gasteiger partial charge >= 0.3 is 0 Å². The molecule has 0 aliphatic heterocycles. The molecule has 5 nitrogen and oxygen atoms in total. The lowest BCUT2D eigenvalue weighted by Crippen LogP contribution is -2.54. The van der Waals surface area contributed by atoms with Gasteiger partial charge in [0.15, 0.2) is 0 Å². The molecule has 1 aromatic carbocycles. The van der Waals surface area contributed by atoms with Crippen LogP contribution in [0.4, 0.5) is 0 Å². The van der Waals surface area contributed by atoms with Crippen LogP contribution < -0.4 is 15.2 Å². The number of nitrogens with two attached hydrogens (primary N) is 1. The molecule has 0 radical (unpaired) electrons. The summed E-state index contributed by atoms with van der Waals surface area (Å²) in [5.41, 5.74) is 5.04. The Morgan fingerprint density at radius 1 is 1.30 bits per heavy atom. The Hall–Kier alpha value is -1.11. The normalized spacial score (nSPS) is 15.1. The van der Waals surface area contributed by atoms with E-state index in [-0.39, 0.29) is 17.4 Å². The van der Waals surface area contributed by atoms with Crippen molar-refractivity contribution in [2.75, 3.05) is 13.2 Å². The topological polar surface area (TPSA) is 81.4 Å². The number of benzene rings is 1. The second kappa shape index (κ2) is 6.56. The van der Waals surface area contributed by atoms with Gasteiger partial charge < -0.3 is 10.5 Å². The molecule has 3 N–H and O–H groups in total. The minimum absolute atomic E-state index is 0.0879. The Kier molecular flexibility index (Phi) is 5.56. The second-order valence-corrected chi connectivity index (χ2v) is 6.97. The zero-order valence-electron chi connectivity index (χ0n) is 12.5. The average Bonchev–Trinajstić information content (AvgIpc) is 2.39. The van der Waals surface area contributed by atoms with Crippen LogP contribution in [0.5, 0.6) is 5.75 Å². The van der Waals surface area contributed by atoms with Gasteiger partial charge in [-0.2, -0.15) is 0 Å². The van der Waals surface area contributed by atoms with Gasteiger partial charge in [-0.1, -0.05) is 13.8 Å². The van der Waals surface area contributed by atoms with Gasteiger partial charge in [-0.05, 0) is 44.0 Å². The largest absolute Gasteiger partial charge is 0.494 e. The van der Waals surface area contributed by atoms with Gasteiger partial charge in [0, 0.05) is 12.1 Å². The van der Waals surface area contributed by atoms with Gasteiger partial charge in [-0.3, -0.25) is 0 Å². The maximum Gasteiger partial charge on any atom is 0.241 e. The molecule has 1 atom stereocenters. The Morgan fingerprint density at radius 2 is 1.85 bits per heavy atom. The van der Waals surface area contributed by atoms with Gasteiger partial charge in [-0.15, -0.1) is 0 Å². The summed E-state index contributed by atoms with van der Waals surface area (Å²) in [4.78, 5) is 0.210. The van der Waals surface area contributed by atoms with Crippen molar-refractivity contribution in [1.29, 1.82) is 0 Å². The Balaban J connectivity index is 2.99. The minimum atomic E-state index is -3.59. The summed E-state index contributed by atoms with van der Waals surface area (Å²) in [5, 5.41) is 0. The maximum absolute atomic E-state index is 12.4. The molecular weight excluding hydrogens is 276 g/mol. The lowest BCUT2D eigenvalue weighted by Gasteiger charge is -2.33. The predicted octanol–water partition coefficient (Wildman–Crippen LogP) is 1.74. The van der Waals surface area contributed by atoms with E-state index in [1.165, 1.54) is 12.1 Å². The van der Waals surface area contributed by atoms with E-state index < -0.39 is 15.6 Å². The molecule has 0 fully saturated rings. The molecule has 0 aromatic heterocycles. The molecule has 0 aliphatic rings. The monoisotopic (exact) mass is 300 g/mol. The van der Waals surface area contributed by atoms with Gasteiger partial charge in [-0.25, -0.2) is 13.1 Å². The Bertz CT molecular complexity index is 526. The lowest BCUT2D eigenvalue weighted by molar-refractivity contribution is 0.315. The Labute approximate surface area is 121 Å². The molecule has 0 bridgehead atoms. The third-order valence-corrected chi connectivity index (χ3v) is 5.14. The van der Waals surface area contributed by atoms with E-state index in [1.807, 2.05) is 27.7 Å². The van der Waals surface area contributed by atoms with Crippen LogP contribution in [-0.2, 0) is 10.0 Å². The van der Waals surface area contributed by atoms with E-state index in [1.54, 1.807) is 12.1 Å². The molecule has 1 rings (SSSR count). The van der Waals surface area contributed by atoms with Gasteiger partial charge in [0.05, 0.1) is 11.5 Å². The molecule has 0 spiro atoms. The van der Waals surface area contributed by atoms with Crippen molar-refractivity contribution >= 4 is 10.0 Å². The molecule has 0 saturated heterocycles. The SMILES string of the molecule is CCOc1ccc(S(=O)(=O)NC(C)(CN)C(C)C)cc1. The number of ether oxygens (including phenoxy) is 1. The summed E-state index contributed by atoms with van der Waals surface area (Å²) in [6, 6.07) is 6.36. The highest BCUT2D eigenvalue weighted by atomic mass is 32.2. The van der Waals surface area contributed by atoms with Crippen LogP contribution in [0.2, 0.25) is 0 Å². The lowest BCUT2D eigenvalue weighted by atomic mass is 9.90. The molecular formula is C14H24N2O3S. The smallest absolute Gasteiger partial charge is 0.241 e. The van der Waals surface area contributed by atoms with E-state index in [2.05, 4.69) is 4.72 Å². The van der Waals surface area contributed by atoms with Crippen LogP contribution in [-0.4, -0.2) is 27.1 Å². The highest BCUT2D eigenvalue weighted by Crippen LogP contribution is 2.21. The van der Waals surface area contributed by atoms with Gasteiger partial charge in [0.25, 0.3) is 0 Å². The molecule has 20 heavy (non-hydrogen) atoms. The summed E-state index contributed by atoms with van der Waals surface area (Å²) >= 11 is 0. The third kappa shape index (κ3) is 3.94. The quantitative estimate of drug-likeness (QED) is 0.803. The number of sulfonamides is 1. The summed E-state index contributed by atoms with van der Waals surface area (Å²) in [6.45, 7) is 8.34. The molecule has 6 heteroatoms. The van der Waals surface area contributed by atoms with E-state index in [0.717, 1.165) is 0 Å². The van der Waals surface area contributed by atoms with Crippen molar-refractivity contribution in [3.63, 3.8) is 0 Å². The number of hydrogen-bond acceptors (Lipinski definition) is 4. The molecule has 0 saturated carbocycles. The number of rotatable bonds is 7. The first-order valence-corrected chi connectivity index (χ1v) is 8.20. The number of hydrogen-bond donors (Lipinski definition) is 2. The molecule has 1 unspecified atom stereocenters. The summed E-state index contributed by atoms with van der Waals surface area (Å²) < 4.78 is 32.7. The van der Waals surface area contributed by atoms with E-state index in [4.69, 9.17) is 10.5 Å². The van der Waals surface area contributed by atoms with Crippen LogP contribution in [0.15, 0.2) is 29.2 Å². The van der Waals surface area contributed by atoms with E-state index in [0.29, 0.717) is 12.4 Å². The molecule has 1 aromatic rings. The molecule has 0 amide bonds. The third-order valence-electron chi connectivity index (χ3n) is 3.51. The minimum Gasteiger partial charge on any atom is -0.494 e. The second-order valence-electron chi connectivity index (χ2n) is 5.29. The van der Waals surface area contributed by atoms with Crippen molar-refractivity contribution in [2.45, 2.75) is 38.1 Å². The summed E-state index contributed by atoms with van der Waals surface area (Å²) in [7, 11) is -3.59. The maximum atomic E-state index is 12.4. The number of nitrogens with one attached hydrogen (secondary N) is 1. The summed E-state index contributed by atoms with van der Waals surface area (Å²) in [5.74, 6) is 0.738. The first-order valence-electron chi connectivity index (χ1n) is 6.72. The first-order chi connectivity index (χ1) is 9.25. The fourth-order valence-electron chi connectivity index (χ4n) is 1.64. The van der Waals surface area contributed by atoms with E-state index in [9.17, 15) is 8.42 Å². The Morgan fingerprint density at radius 3 is 2.25 bits per heavy atom. The average molecular weight is 300 g/mol. The van der Waals surface area contributed by atoms with Crippen LogP contribution in [0, 0.1) is 5.92 Å². The van der Waals surface area contributed by atoms with Crippen molar-refractivity contribution in [1.82, 2.24) is 4.72 Å². The fourth-order valence-corrected chi connectivity index (χ4v) is 3.19. The predicted molar refractivity (Wildman–Crippen MR) is 80.2 cm³/mol. The van der Waals surface area contributed by atoms with Crippen molar-refractivity contribution < 1.29 is 13.2 Å². The van der Waals surface area contributed by atoms with Crippen LogP contribution in [0.1, 0.15) is 27.7 Å². The molecule has 114 valence electrons. The standard InChI is InChI=1S/C14H24N2O3S/c1-5-19-12-6-8-13(9-7-12)20(17,18)16-14(4,10-15)11(2)3/h6-9,11,16H,5,10,15H2,1-4H3. The zero-order chi connectivity index (χ0) is 15.4. The van der Waals surface area contributed by atoms with Crippen LogP contribution >= 0.6 is 0 Å². The molecule has 0 aliphatic carbocycles. The van der Waals surface area contributed by atoms with Crippen molar-refractivity contribution in [2.24, 2.45) is 11.7 Å². The summed E-state index contributed by atoms with van der Waals surface area (Å²) in [6.07, 6.45) is 0. The highest BCUT2D eigenvalue weighted by Gasteiger charge is 2.32. The van der Waals surface area contributed by atoms with E-state index >= 15 is 0 Å². The molecule has 0 heterocycles. The fraction of sp³-hybridized carbons (Fsp3) is 0.571.